The predicted molar refractivity (Wildman–Crippen MR) is 109 cm³/mol. The topological polar surface area (TPSA) is 59.9 Å². The Morgan fingerprint density at radius 1 is 1.19 bits per heavy atom. The number of hydrogen-bond acceptors (Lipinski definition) is 5. The molecule has 1 amide bonds. The molecule has 134 valence electrons. The first kappa shape index (κ1) is 18.7. The van der Waals surface area contributed by atoms with Crippen LogP contribution in [0, 0.1) is 9.39 Å². The largest absolute Gasteiger partial charge is 0.493 e. The molecule has 0 aliphatic carbocycles. The van der Waals surface area contributed by atoms with Crippen LogP contribution >= 0.6 is 34.4 Å². The summed E-state index contributed by atoms with van der Waals surface area (Å²) < 4.78 is 24.5. The van der Waals surface area contributed by atoms with E-state index in [0.29, 0.717) is 27.3 Å². The van der Waals surface area contributed by atoms with Gasteiger partial charge >= 0.3 is 0 Å². The highest BCUT2D eigenvalue weighted by Crippen LogP contribution is 2.35. The highest BCUT2D eigenvalue weighted by molar-refractivity contribution is 14.1. The molecule has 0 saturated carbocycles. The second kappa shape index (κ2) is 8.09. The lowest BCUT2D eigenvalue weighted by Gasteiger charge is -2.10. The summed E-state index contributed by atoms with van der Waals surface area (Å²) in [4.78, 5) is 17.0. The number of carbonyl (C=O) groups is 1. The van der Waals surface area contributed by atoms with Crippen molar-refractivity contribution in [3.05, 3.63) is 56.3 Å². The number of carbonyl (C=O) groups excluding carboxylic acids is 1. The molecular weight excluding hydrogens is 470 g/mol. The van der Waals surface area contributed by atoms with Crippen LogP contribution < -0.4 is 14.8 Å². The van der Waals surface area contributed by atoms with Gasteiger partial charge in [-0.05, 0) is 82.4 Å². The molecular formula is C18H14FIN2O3S. The average molecular weight is 484 g/mol. The monoisotopic (exact) mass is 484 g/mol. The van der Waals surface area contributed by atoms with Crippen LogP contribution in [0.5, 0.6) is 11.5 Å². The predicted octanol–water partition coefficient (Wildman–Crippen LogP) is 4.34. The molecule has 0 atom stereocenters. The zero-order chi connectivity index (χ0) is 18.7. The van der Waals surface area contributed by atoms with Crippen molar-refractivity contribution in [2.45, 2.75) is 0 Å². The lowest BCUT2D eigenvalue weighted by atomic mass is 10.2. The number of benzene rings is 2. The first-order valence-corrected chi connectivity index (χ1v) is 9.36. The highest BCUT2D eigenvalue weighted by Gasteiger charge is 2.24. The number of thioether (sulfide) groups is 1. The van der Waals surface area contributed by atoms with Crippen LogP contribution in [0.15, 0.2) is 46.3 Å². The maximum Gasteiger partial charge on any atom is 0.264 e. The maximum atomic E-state index is 13.0. The Morgan fingerprint density at radius 3 is 2.58 bits per heavy atom. The van der Waals surface area contributed by atoms with Crippen molar-refractivity contribution in [1.82, 2.24) is 5.32 Å². The zero-order valence-corrected chi connectivity index (χ0v) is 16.9. The third-order valence-electron chi connectivity index (χ3n) is 3.46. The van der Waals surface area contributed by atoms with Crippen LogP contribution in [0.4, 0.5) is 10.1 Å². The van der Waals surface area contributed by atoms with Gasteiger partial charge in [-0.1, -0.05) is 0 Å². The van der Waals surface area contributed by atoms with E-state index in [-0.39, 0.29) is 11.7 Å². The van der Waals surface area contributed by atoms with Gasteiger partial charge in [0, 0.05) is 0 Å². The van der Waals surface area contributed by atoms with Crippen LogP contribution in [0.25, 0.3) is 6.08 Å². The van der Waals surface area contributed by atoms with Crippen molar-refractivity contribution in [1.29, 1.82) is 0 Å². The molecule has 0 spiro atoms. The Morgan fingerprint density at radius 2 is 1.92 bits per heavy atom. The summed E-state index contributed by atoms with van der Waals surface area (Å²) in [6.07, 6.45) is 1.76. The minimum Gasteiger partial charge on any atom is -0.493 e. The van der Waals surface area contributed by atoms with E-state index in [4.69, 9.17) is 9.47 Å². The summed E-state index contributed by atoms with van der Waals surface area (Å²) in [5, 5.41) is 3.15. The van der Waals surface area contributed by atoms with Gasteiger partial charge in [0.1, 0.15) is 5.82 Å². The SMILES string of the molecule is COc1cc(/C=C2/SC(=Nc3ccc(F)cc3)NC2=O)cc(I)c1OC. The Labute approximate surface area is 167 Å². The van der Waals surface area contributed by atoms with Crippen LogP contribution in [0.3, 0.4) is 0 Å². The van der Waals surface area contributed by atoms with Crippen molar-refractivity contribution in [3.8, 4) is 11.5 Å². The van der Waals surface area contributed by atoms with E-state index in [1.807, 2.05) is 6.07 Å². The van der Waals surface area contributed by atoms with Crippen molar-refractivity contribution in [2.75, 3.05) is 14.2 Å². The van der Waals surface area contributed by atoms with Crippen LogP contribution in [-0.2, 0) is 4.79 Å². The lowest BCUT2D eigenvalue weighted by molar-refractivity contribution is -0.115. The molecule has 1 aliphatic heterocycles. The van der Waals surface area contributed by atoms with Gasteiger partial charge in [-0.2, -0.15) is 0 Å². The summed E-state index contributed by atoms with van der Waals surface area (Å²) in [6.45, 7) is 0. The second-order valence-corrected chi connectivity index (χ2v) is 7.39. The number of aliphatic imine (C=N–C) groups is 1. The quantitative estimate of drug-likeness (QED) is 0.519. The standard InChI is InChI=1S/C18H14FIN2O3S/c1-24-14-8-10(7-13(20)16(14)25-2)9-15-17(23)22-18(26-15)21-12-5-3-11(19)4-6-12/h3-9H,1-2H3,(H,21,22,23)/b15-9+. The van der Waals surface area contributed by atoms with E-state index in [1.165, 1.54) is 23.9 Å². The number of ether oxygens (including phenoxy) is 2. The number of hydrogen-bond donors (Lipinski definition) is 1. The zero-order valence-electron chi connectivity index (χ0n) is 13.9. The number of nitrogens with zero attached hydrogens (tertiary/aromatic N) is 1. The molecule has 0 aromatic heterocycles. The minimum atomic E-state index is -0.333. The molecule has 1 saturated heterocycles. The number of amides is 1. The van der Waals surface area contributed by atoms with Gasteiger partial charge in [-0.3, -0.25) is 4.79 Å². The molecule has 1 heterocycles. The van der Waals surface area contributed by atoms with Gasteiger partial charge in [0.2, 0.25) is 0 Å². The van der Waals surface area contributed by atoms with Gasteiger partial charge in [0.25, 0.3) is 5.91 Å². The molecule has 1 aliphatic rings. The Balaban J connectivity index is 1.87. The summed E-state index contributed by atoms with van der Waals surface area (Å²) in [7, 11) is 3.14. The number of nitrogens with one attached hydrogen (secondary N) is 1. The molecule has 0 unspecified atom stereocenters. The number of halogens is 2. The van der Waals surface area contributed by atoms with E-state index in [0.717, 1.165) is 9.13 Å². The average Bonchev–Trinajstić information content (AvgIpc) is 2.95. The van der Waals surface area contributed by atoms with Gasteiger partial charge in [-0.15, -0.1) is 0 Å². The van der Waals surface area contributed by atoms with Crippen LogP contribution in [-0.4, -0.2) is 25.3 Å². The lowest BCUT2D eigenvalue weighted by Crippen LogP contribution is -2.19. The van der Waals surface area contributed by atoms with E-state index in [9.17, 15) is 9.18 Å². The molecule has 5 nitrogen and oxygen atoms in total. The van der Waals surface area contributed by atoms with Crippen LogP contribution in [0.1, 0.15) is 5.56 Å². The Hall–Kier alpha value is -2.07. The Bertz CT molecular complexity index is 913. The third-order valence-corrected chi connectivity index (χ3v) is 5.17. The van der Waals surface area contributed by atoms with Crippen molar-refractivity contribution >= 4 is 57.2 Å². The fourth-order valence-corrected chi connectivity index (χ4v) is 3.97. The van der Waals surface area contributed by atoms with E-state index in [1.54, 1.807) is 38.5 Å². The fourth-order valence-electron chi connectivity index (χ4n) is 2.29. The maximum absolute atomic E-state index is 13.0. The molecule has 0 radical (unpaired) electrons. The number of amidine groups is 1. The number of methoxy groups -OCH3 is 2. The molecule has 1 fully saturated rings. The van der Waals surface area contributed by atoms with E-state index < -0.39 is 0 Å². The number of rotatable bonds is 4. The summed E-state index contributed by atoms with van der Waals surface area (Å²) >= 11 is 3.38. The van der Waals surface area contributed by atoms with Crippen molar-refractivity contribution in [3.63, 3.8) is 0 Å². The van der Waals surface area contributed by atoms with Crippen LogP contribution in [0.2, 0.25) is 0 Å². The minimum absolute atomic E-state index is 0.236. The molecule has 3 rings (SSSR count). The summed E-state index contributed by atoms with van der Waals surface area (Å²) in [5.74, 6) is 0.675. The smallest absolute Gasteiger partial charge is 0.264 e. The molecule has 2 aromatic rings. The summed E-state index contributed by atoms with van der Waals surface area (Å²) in [5.41, 5.74) is 1.38. The van der Waals surface area contributed by atoms with E-state index >= 15 is 0 Å². The first-order valence-electron chi connectivity index (χ1n) is 7.47. The third kappa shape index (κ3) is 4.18. The normalized spacial score (nSPS) is 16.8. The molecule has 26 heavy (non-hydrogen) atoms. The molecule has 1 N–H and O–H groups in total. The second-order valence-electron chi connectivity index (χ2n) is 5.20. The van der Waals surface area contributed by atoms with Gasteiger partial charge in [-0.25, -0.2) is 9.38 Å². The Kier molecular flexibility index (Phi) is 5.82. The highest BCUT2D eigenvalue weighted by atomic mass is 127. The first-order chi connectivity index (χ1) is 12.5. The van der Waals surface area contributed by atoms with Gasteiger partial charge in [0.05, 0.1) is 28.4 Å². The molecule has 8 heteroatoms. The van der Waals surface area contributed by atoms with Crippen molar-refractivity contribution in [2.24, 2.45) is 4.99 Å². The van der Waals surface area contributed by atoms with Gasteiger partial charge < -0.3 is 14.8 Å². The van der Waals surface area contributed by atoms with Crippen molar-refractivity contribution < 1.29 is 18.7 Å². The fraction of sp³-hybridized carbons (Fsp3) is 0.111. The van der Waals surface area contributed by atoms with E-state index in [2.05, 4.69) is 32.9 Å². The molecule has 0 bridgehead atoms. The molecule has 2 aromatic carbocycles. The summed E-state index contributed by atoms with van der Waals surface area (Å²) in [6, 6.07) is 9.45. The van der Waals surface area contributed by atoms with Gasteiger partial charge in [0.15, 0.2) is 16.7 Å².